The third-order valence-corrected chi connectivity index (χ3v) is 5.49. The molecule has 4 nitrogen and oxygen atoms in total. The Bertz CT molecular complexity index is 1220. The molecule has 6 heteroatoms. The van der Waals surface area contributed by atoms with Gasteiger partial charge in [-0.05, 0) is 56.9 Å². The summed E-state index contributed by atoms with van der Waals surface area (Å²) in [6.45, 7) is 0. The number of halogens is 2. The summed E-state index contributed by atoms with van der Waals surface area (Å²) in [4.78, 5) is 24.4. The molecule has 0 aliphatic carbocycles. The fourth-order valence-corrected chi connectivity index (χ4v) is 4.15. The number of ether oxygens (including phenoxy) is 2. The van der Waals surface area contributed by atoms with Gasteiger partial charge in [0.25, 0.3) is 10.5 Å². The van der Waals surface area contributed by atoms with Gasteiger partial charge in [0.1, 0.15) is 11.5 Å². The lowest BCUT2D eigenvalue weighted by Gasteiger charge is -2.20. The van der Waals surface area contributed by atoms with Gasteiger partial charge in [-0.2, -0.15) is 0 Å². The standard InChI is InChI=1S/C24H16Cl2O4/c1-29-21-17(23(25)27)11-13-7-3-5-9-15(13)19(21)20-16-10-6-4-8-14(16)12-18(24(26)28)22(20)30-2/h3-12H,1-2H3. The van der Waals surface area contributed by atoms with Gasteiger partial charge in [0.15, 0.2) is 0 Å². The highest BCUT2D eigenvalue weighted by molar-refractivity contribution is 6.68. The van der Waals surface area contributed by atoms with Gasteiger partial charge in [0, 0.05) is 11.1 Å². The van der Waals surface area contributed by atoms with Crippen molar-refractivity contribution in [2.75, 3.05) is 14.2 Å². The topological polar surface area (TPSA) is 52.6 Å². The average Bonchev–Trinajstić information content (AvgIpc) is 2.76. The van der Waals surface area contributed by atoms with Crippen LogP contribution >= 0.6 is 23.2 Å². The van der Waals surface area contributed by atoms with Crippen molar-refractivity contribution in [3.63, 3.8) is 0 Å². The lowest BCUT2D eigenvalue weighted by atomic mass is 9.89. The van der Waals surface area contributed by atoms with E-state index in [0.717, 1.165) is 21.5 Å². The maximum absolute atomic E-state index is 12.2. The number of rotatable bonds is 5. The molecule has 0 fully saturated rings. The van der Waals surface area contributed by atoms with Crippen molar-refractivity contribution in [1.29, 1.82) is 0 Å². The summed E-state index contributed by atoms with van der Waals surface area (Å²) in [6, 6.07) is 18.5. The fourth-order valence-electron chi connectivity index (χ4n) is 3.87. The molecule has 4 aromatic rings. The molecule has 0 heterocycles. The van der Waals surface area contributed by atoms with Crippen LogP contribution in [0.3, 0.4) is 0 Å². The Kier molecular flexibility index (Phi) is 5.37. The summed E-state index contributed by atoms with van der Waals surface area (Å²) in [5.41, 5.74) is 1.66. The molecule has 0 radical (unpaired) electrons. The second-order valence-electron chi connectivity index (χ2n) is 6.65. The van der Waals surface area contributed by atoms with Crippen LogP contribution in [0, 0.1) is 0 Å². The number of methoxy groups -OCH3 is 2. The predicted octanol–water partition coefficient (Wildman–Crippen LogP) is 6.44. The minimum absolute atomic E-state index is 0.224. The van der Waals surface area contributed by atoms with Gasteiger partial charge in [-0.15, -0.1) is 0 Å². The summed E-state index contributed by atoms with van der Waals surface area (Å²) in [6.07, 6.45) is 0. The highest BCUT2D eigenvalue weighted by atomic mass is 35.5. The Morgan fingerprint density at radius 2 is 1.03 bits per heavy atom. The molecule has 0 saturated heterocycles. The minimum atomic E-state index is -0.647. The van der Waals surface area contributed by atoms with Gasteiger partial charge >= 0.3 is 0 Å². The predicted molar refractivity (Wildman–Crippen MR) is 120 cm³/mol. The van der Waals surface area contributed by atoms with Gasteiger partial charge < -0.3 is 9.47 Å². The smallest absolute Gasteiger partial charge is 0.256 e. The first kappa shape index (κ1) is 20.2. The van der Waals surface area contributed by atoms with Gasteiger partial charge in [0.2, 0.25) is 0 Å². The van der Waals surface area contributed by atoms with E-state index < -0.39 is 10.5 Å². The van der Waals surface area contributed by atoms with E-state index in [9.17, 15) is 9.59 Å². The maximum atomic E-state index is 12.2. The number of carbonyl (C=O) groups excluding carboxylic acids is 2. The first-order valence-electron chi connectivity index (χ1n) is 9.07. The largest absolute Gasteiger partial charge is 0.495 e. The van der Waals surface area contributed by atoms with E-state index in [1.54, 1.807) is 12.1 Å². The number of fused-ring (bicyclic) bond motifs is 2. The van der Waals surface area contributed by atoms with Gasteiger partial charge in [-0.1, -0.05) is 48.5 Å². The van der Waals surface area contributed by atoms with E-state index in [4.69, 9.17) is 32.7 Å². The zero-order valence-electron chi connectivity index (χ0n) is 16.2. The van der Waals surface area contributed by atoms with Crippen LogP contribution in [-0.4, -0.2) is 24.7 Å². The molecule has 150 valence electrons. The summed E-state index contributed by atoms with van der Waals surface area (Å²) in [5, 5.41) is 1.94. The molecular formula is C24H16Cl2O4. The van der Waals surface area contributed by atoms with Crippen molar-refractivity contribution in [2.24, 2.45) is 0 Å². The zero-order chi connectivity index (χ0) is 21.4. The van der Waals surface area contributed by atoms with Gasteiger partial charge in [0.05, 0.1) is 25.3 Å². The first-order valence-corrected chi connectivity index (χ1v) is 9.83. The molecule has 0 N–H and O–H groups in total. The Morgan fingerprint density at radius 3 is 1.37 bits per heavy atom. The highest BCUT2D eigenvalue weighted by Gasteiger charge is 2.26. The van der Waals surface area contributed by atoms with E-state index in [1.165, 1.54) is 14.2 Å². The van der Waals surface area contributed by atoms with E-state index in [-0.39, 0.29) is 11.1 Å². The van der Waals surface area contributed by atoms with Crippen molar-refractivity contribution in [2.45, 2.75) is 0 Å². The number of hydrogen-bond acceptors (Lipinski definition) is 4. The molecule has 0 atom stereocenters. The summed E-state index contributed by atoms with van der Waals surface area (Å²) in [5.74, 6) is 0.604. The lowest BCUT2D eigenvalue weighted by molar-refractivity contribution is 0.107. The Labute approximate surface area is 182 Å². The number of carbonyl (C=O) groups is 2. The van der Waals surface area contributed by atoms with E-state index in [1.807, 2.05) is 48.5 Å². The van der Waals surface area contributed by atoms with E-state index in [0.29, 0.717) is 22.6 Å². The number of hydrogen-bond donors (Lipinski definition) is 0. The molecule has 0 spiro atoms. The fraction of sp³-hybridized carbons (Fsp3) is 0.0833. The lowest BCUT2D eigenvalue weighted by Crippen LogP contribution is -2.03. The Balaban J connectivity index is 2.32. The minimum Gasteiger partial charge on any atom is -0.495 e. The SMILES string of the molecule is COc1c(C(=O)Cl)cc2ccccc2c1-c1c(OC)c(C(=O)Cl)cc2ccccc12. The highest BCUT2D eigenvalue weighted by Crippen LogP contribution is 2.48. The van der Waals surface area contributed by atoms with E-state index in [2.05, 4.69) is 0 Å². The first-order chi connectivity index (χ1) is 14.5. The van der Waals surface area contributed by atoms with Crippen LogP contribution in [0.5, 0.6) is 11.5 Å². The summed E-state index contributed by atoms with van der Waals surface area (Å²) >= 11 is 11.8. The van der Waals surface area contributed by atoms with Crippen LogP contribution in [0.4, 0.5) is 0 Å². The monoisotopic (exact) mass is 438 g/mol. The molecule has 0 amide bonds. The van der Waals surface area contributed by atoms with Crippen LogP contribution in [-0.2, 0) is 0 Å². The van der Waals surface area contributed by atoms with Crippen LogP contribution < -0.4 is 9.47 Å². The summed E-state index contributed by atoms with van der Waals surface area (Å²) < 4.78 is 11.3. The number of benzene rings is 4. The molecule has 0 unspecified atom stereocenters. The van der Waals surface area contributed by atoms with Gasteiger partial charge in [-0.3, -0.25) is 9.59 Å². The molecule has 30 heavy (non-hydrogen) atoms. The third kappa shape index (κ3) is 3.18. The van der Waals surface area contributed by atoms with Crippen LogP contribution in [0.15, 0.2) is 60.7 Å². The van der Waals surface area contributed by atoms with Crippen molar-refractivity contribution in [3.8, 4) is 22.6 Å². The van der Waals surface area contributed by atoms with Crippen molar-refractivity contribution in [3.05, 3.63) is 71.8 Å². The van der Waals surface area contributed by atoms with Crippen LogP contribution in [0.2, 0.25) is 0 Å². The van der Waals surface area contributed by atoms with Crippen molar-refractivity contribution >= 4 is 55.2 Å². The van der Waals surface area contributed by atoms with Crippen molar-refractivity contribution in [1.82, 2.24) is 0 Å². The van der Waals surface area contributed by atoms with Crippen molar-refractivity contribution < 1.29 is 19.1 Å². The second-order valence-corrected chi connectivity index (χ2v) is 7.34. The molecule has 0 aliphatic heterocycles. The van der Waals surface area contributed by atoms with Crippen LogP contribution in [0.25, 0.3) is 32.7 Å². The third-order valence-electron chi connectivity index (χ3n) is 5.09. The Hall–Kier alpha value is -3.08. The quantitative estimate of drug-likeness (QED) is 0.336. The Morgan fingerprint density at radius 1 is 0.667 bits per heavy atom. The van der Waals surface area contributed by atoms with E-state index >= 15 is 0 Å². The zero-order valence-corrected chi connectivity index (χ0v) is 17.7. The normalized spacial score (nSPS) is 10.9. The molecular weight excluding hydrogens is 423 g/mol. The molecule has 0 aliphatic rings. The average molecular weight is 439 g/mol. The maximum Gasteiger partial charge on any atom is 0.256 e. The molecule has 0 aromatic heterocycles. The molecule has 4 rings (SSSR count). The van der Waals surface area contributed by atoms with Gasteiger partial charge in [-0.25, -0.2) is 0 Å². The summed E-state index contributed by atoms with van der Waals surface area (Å²) in [7, 11) is 2.95. The van der Waals surface area contributed by atoms with Crippen LogP contribution in [0.1, 0.15) is 20.7 Å². The second kappa shape index (κ2) is 7.98. The molecule has 4 aromatic carbocycles. The molecule has 0 bridgehead atoms. The molecule has 0 saturated carbocycles.